The Balaban J connectivity index is 2.06. The highest BCUT2D eigenvalue weighted by molar-refractivity contribution is 6.31. The summed E-state index contributed by atoms with van der Waals surface area (Å²) in [6.45, 7) is 0. The van der Waals surface area contributed by atoms with Crippen LogP contribution < -0.4 is 0 Å². The van der Waals surface area contributed by atoms with Gasteiger partial charge >= 0.3 is 0 Å². The van der Waals surface area contributed by atoms with E-state index in [9.17, 15) is 4.39 Å². The van der Waals surface area contributed by atoms with Crippen LogP contribution in [0.25, 0.3) is 22.2 Å². The minimum absolute atomic E-state index is 0.300. The van der Waals surface area contributed by atoms with Crippen LogP contribution in [0.15, 0.2) is 72.8 Å². The Labute approximate surface area is 163 Å². The van der Waals surface area contributed by atoms with Gasteiger partial charge in [0.15, 0.2) is 0 Å². The number of aromatic nitrogens is 1. The van der Waals surface area contributed by atoms with E-state index in [2.05, 4.69) is 23.2 Å². The highest BCUT2D eigenvalue weighted by atomic mass is 35.5. The van der Waals surface area contributed by atoms with Crippen LogP contribution in [0.3, 0.4) is 0 Å². The molecule has 136 valence electrons. The molecule has 1 unspecified atom stereocenters. The Bertz CT molecular complexity index is 1070. The van der Waals surface area contributed by atoms with E-state index < -0.39 is 0 Å². The molecule has 0 saturated heterocycles. The summed E-state index contributed by atoms with van der Waals surface area (Å²) in [7, 11) is 3.90. The van der Waals surface area contributed by atoms with E-state index in [1.807, 2.05) is 55.4 Å². The number of H-pyrrole nitrogens is 1. The Kier molecular flexibility index (Phi) is 4.73. The molecule has 2 nitrogen and oxygen atoms in total. The zero-order valence-corrected chi connectivity index (χ0v) is 16.0. The van der Waals surface area contributed by atoms with Gasteiger partial charge in [-0.1, -0.05) is 66.2 Å². The molecular formula is C23H20ClFN2. The van der Waals surface area contributed by atoms with Gasteiger partial charge in [-0.3, -0.25) is 4.90 Å². The summed E-state index contributed by atoms with van der Waals surface area (Å²) in [4.78, 5) is 5.54. The maximum Gasteiger partial charge on any atom is 0.129 e. The zero-order chi connectivity index (χ0) is 19.0. The number of rotatable bonds is 4. The molecule has 1 aromatic heterocycles. The van der Waals surface area contributed by atoms with Crippen LogP contribution in [0, 0.1) is 5.82 Å². The van der Waals surface area contributed by atoms with Gasteiger partial charge in [0.05, 0.1) is 11.7 Å². The molecule has 27 heavy (non-hydrogen) atoms. The lowest BCUT2D eigenvalue weighted by Crippen LogP contribution is -2.23. The Morgan fingerprint density at radius 3 is 2.26 bits per heavy atom. The average molecular weight is 379 g/mol. The van der Waals surface area contributed by atoms with Gasteiger partial charge in [-0.2, -0.15) is 0 Å². The van der Waals surface area contributed by atoms with Gasteiger partial charge < -0.3 is 4.98 Å². The van der Waals surface area contributed by atoms with E-state index in [4.69, 9.17) is 11.6 Å². The smallest absolute Gasteiger partial charge is 0.129 e. The number of benzene rings is 3. The first kappa shape index (κ1) is 17.8. The van der Waals surface area contributed by atoms with Crippen molar-refractivity contribution in [2.45, 2.75) is 6.04 Å². The van der Waals surface area contributed by atoms with Gasteiger partial charge in [-0.15, -0.1) is 0 Å². The second kappa shape index (κ2) is 7.18. The largest absolute Gasteiger partial charge is 0.354 e. The highest BCUT2D eigenvalue weighted by Gasteiger charge is 2.28. The van der Waals surface area contributed by atoms with E-state index in [-0.39, 0.29) is 11.9 Å². The van der Waals surface area contributed by atoms with Crippen molar-refractivity contribution in [1.82, 2.24) is 9.88 Å². The molecule has 1 atom stereocenters. The van der Waals surface area contributed by atoms with Crippen molar-refractivity contribution >= 4 is 22.5 Å². The number of halogens is 2. The average Bonchev–Trinajstić information content (AvgIpc) is 3.04. The summed E-state index contributed by atoms with van der Waals surface area (Å²) in [6, 6.07) is 22.8. The van der Waals surface area contributed by atoms with E-state index >= 15 is 0 Å². The van der Waals surface area contributed by atoms with Crippen molar-refractivity contribution in [1.29, 1.82) is 0 Å². The van der Waals surface area contributed by atoms with Gasteiger partial charge in [0.1, 0.15) is 5.82 Å². The summed E-state index contributed by atoms with van der Waals surface area (Å²) < 4.78 is 14.9. The predicted octanol–water partition coefficient (Wildman–Crippen LogP) is 6.28. The molecule has 0 bridgehead atoms. The molecule has 0 radical (unpaired) electrons. The molecule has 0 fully saturated rings. The van der Waals surface area contributed by atoms with Crippen LogP contribution in [0.2, 0.25) is 5.02 Å². The molecule has 0 saturated carbocycles. The minimum atomic E-state index is -0.329. The van der Waals surface area contributed by atoms with Crippen LogP contribution in [0.5, 0.6) is 0 Å². The first-order valence-electron chi connectivity index (χ1n) is 8.84. The molecule has 4 aromatic rings. The summed E-state index contributed by atoms with van der Waals surface area (Å²) >= 11 is 6.46. The Hall–Kier alpha value is -2.62. The summed E-state index contributed by atoms with van der Waals surface area (Å²) in [5, 5.41) is 1.49. The lowest BCUT2D eigenvalue weighted by Gasteiger charge is -2.27. The molecule has 0 aliphatic heterocycles. The molecule has 3 aromatic carbocycles. The standard InChI is InChI=1S/C23H20ClFN2/c1-27(2)23(21-17(24)12-8-13-18(21)25)20-16-11-6-7-14-19(16)26-22(20)15-9-4-3-5-10-15/h3-14,23,26H,1-2H3. The first-order valence-corrected chi connectivity index (χ1v) is 9.22. The normalized spacial score (nSPS) is 12.6. The zero-order valence-electron chi connectivity index (χ0n) is 15.2. The SMILES string of the molecule is CN(C)C(c1c(F)cccc1Cl)c1c(-c2ccccc2)[nH]c2ccccc12. The quantitative estimate of drug-likeness (QED) is 0.443. The van der Waals surface area contributed by atoms with Gasteiger partial charge in [-0.25, -0.2) is 4.39 Å². The molecular weight excluding hydrogens is 359 g/mol. The second-order valence-corrected chi connectivity index (χ2v) is 7.23. The number of hydrogen-bond acceptors (Lipinski definition) is 1. The Morgan fingerprint density at radius 2 is 1.56 bits per heavy atom. The van der Waals surface area contributed by atoms with Crippen molar-refractivity contribution in [3.05, 3.63) is 94.8 Å². The number of fused-ring (bicyclic) bond motifs is 1. The van der Waals surface area contributed by atoms with E-state index in [0.717, 1.165) is 27.7 Å². The third-order valence-corrected chi connectivity index (χ3v) is 5.20. The number of nitrogens with zero attached hydrogens (tertiary/aromatic N) is 1. The molecule has 4 heteroatoms. The molecule has 0 aliphatic carbocycles. The van der Waals surface area contributed by atoms with Crippen molar-refractivity contribution in [2.75, 3.05) is 14.1 Å². The highest BCUT2D eigenvalue weighted by Crippen LogP contribution is 2.42. The fourth-order valence-corrected chi connectivity index (χ4v) is 3.98. The molecule has 0 amide bonds. The van der Waals surface area contributed by atoms with Gasteiger partial charge in [0, 0.05) is 27.1 Å². The molecule has 0 spiro atoms. The van der Waals surface area contributed by atoms with E-state index in [0.29, 0.717) is 10.6 Å². The van der Waals surface area contributed by atoms with Crippen LogP contribution in [-0.4, -0.2) is 24.0 Å². The number of para-hydroxylation sites is 1. The van der Waals surface area contributed by atoms with Crippen LogP contribution in [0.4, 0.5) is 4.39 Å². The van der Waals surface area contributed by atoms with Gasteiger partial charge in [0.25, 0.3) is 0 Å². The van der Waals surface area contributed by atoms with Crippen LogP contribution in [0.1, 0.15) is 17.2 Å². The molecule has 0 aliphatic rings. The number of aromatic amines is 1. The van der Waals surface area contributed by atoms with Gasteiger partial charge in [-0.05, 0) is 37.9 Å². The molecule has 1 heterocycles. The third-order valence-electron chi connectivity index (χ3n) is 4.87. The topological polar surface area (TPSA) is 19.0 Å². The van der Waals surface area contributed by atoms with Crippen LogP contribution >= 0.6 is 11.6 Å². The lowest BCUT2D eigenvalue weighted by molar-refractivity contribution is 0.336. The molecule has 4 rings (SSSR count). The van der Waals surface area contributed by atoms with Crippen molar-refractivity contribution < 1.29 is 4.39 Å². The maximum atomic E-state index is 14.9. The Morgan fingerprint density at radius 1 is 0.852 bits per heavy atom. The minimum Gasteiger partial charge on any atom is -0.354 e. The summed E-state index contributed by atoms with van der Waals surface area (Å²) in [5.41, 5.74) is 4.57. The second-order valence-electron chi connectivity index (χ2n) is 6.83. The molecule has 1 N–H and O–H groups in total. The summed E-state index contributed by atoms with van der Waals surface area (Å²) in [5.74, 6) is -0.300. The van der Waals surface area contributed by atoms with Gasteiger partial charge in [0.2, 0.25) is 0 Å². The maximum absolute atomic E-state index is 14.9. The van der Waals surface area contributed by atoms with E-state index in [1.165, 1.54) is 6.07 Å². The van der Waals surface area contributed by atoms with Crippen molar-refractivity contribution in [2.24, 2.45) is 0 Å². The monoisotopic (exact) mass is 378 g/mol. The fraction of sp³-hybridized carbons (Fsp3) is 0.130. The van der Waals surface area contributed by atoms with Crippen molar-refractivity contribution in [3.63, 3.8) is 0 Å². The lowest BCUT2D eigenvalue weighted by atomic mass is 9.92. The third kappa shape index (κ3) is 3.14. The van der Waals surface area contributed by atoms with Crippen molar-refractivity contribution in [3.8, 4) is 11.3 Å². The fourth-order valence-electron chi connectivity index (χ4n) is 3.71. The first-order chi connectivity index (χ1) is 13.1. The predicted molar refractivity (Wildman–Crippen MR) is 111 cm³/mol. The summed E-state index contributed by atoms with van der Waals surface area (Å²) in [6.07, 6.45) is 0. The van der Waals surface area contributed by atoms with E-state index in [1.54, 1.807) is 12.1 Å². The number of hydrogen-bond donors (Lipinski definition) is 1. The number of nitrogens with one attached hydrogen (secondary N) is 1. The van der Waals surface area contributed by atoms with Crippen LogP contribution in [-0.2, 0) is 0 Å².